The molecule has 0 spiro atoms. The van der Waals surface area contributed by atoms with Crippen LogP contribution < -0.4 is 10.2 Å². The van der Waals surface area contributed by atoms with Gasteiger partial charge >= 0.3 is 0 Å². The zero-order valence-corrected chi connectivity index (χ0v) is 13.5. The van der Waals surface area contributed by atoms with E-state index in [1.165, 1.54) is 0 Å². The van der Waals surface area contributed by atoms with Crippen molar-refractivity contribution in [2.75, 3.05) is 18.0 Å². The molecule has 1 aliphatic rings. The first kappa shape index (κ1) is 15.2. The second kappa shape index (κ2) is 6.06. The van der Waals surface area contributed by atoms with E-state index in [4.69, 9.17) is 0 Å². The van der Waals surface area contributed by atoms with Crippen LogP contribution in [0.3, 0.4) is 0 Å². The number of fused-ring (bicyclic) bond motifs is 1. The monoisotopic (exact) mass is 338 g/mol. The minimum atomic E-state index is -0.422. The van der Waals surface area contributed by atoms with Gasteiger partial charge in [0.2, 0.25) is 0 Å². The van der Waals surface area contributed by atoms with E-state index in [-0.39, 0.29) is 5.92 Å². The number of ketones is 1. The van der Waals surface area contributed by atoms with E-state index < -0.39 is 11.7 Å². The lowest BCUT2D eigenvalue weighted by Gasteiger charge is -2.22. The number of amides is 1. The largest absolute Gasteiger partial charge is 0.314 e. The lowest BCUT2D eigenvalue weighted by atomic mass is 10.1. The third-order valence-electron chi connectivity index (χ3n) is 3.30. The van der Waals surface area contributed by atoms with Crippen LogP contribution in [0.2, 0.25) is 0 Å². The molecule has 0 saturated carbocycles. The normalized spacial score (nSPS) is 15.9. The highest BCUT2D eigenvalue weighted by Gasteiger charge is 2.36. The molecule has 1 N–H and O–H groups in total. The molecule has 0 fully saturated rings. The summed E-state index contributed by atoms with van der Waals surface area (Å²) in [7, 11) is 0. The van der Waals surface area contributed by atoms with Crippen molar-refractivity contribution in [3.05, 3.63) is 28.2 Å². The van der Waals surface area contributed by atoms with Crippen LogP contribution in [-0.4, -0.2) is 30.8 Å². The molecule has 1 unspecified atom stereocenters. The molecule has 1 amide bonds. The van der Waals surface area contributed by atoms with Gasteiger partial charge in [-0.3, -0.25) is 9.59 Å². The number of benzene rings is 1. The first-order valence-corrected chi connectivity index (χ1v) is 7.58. The van der Waals surface area contributed by atoms with E-state index in [0.717, 1.165) is 16.7 Å². The summed E-state index contributed by atoms with van der Waals surface area (Å²) < 4.78 is 0.814. The summed E-state index contributed by atoms with van der Waals surface area (Å²) >= 11 is 3.33. The van der Waals surface area contributed by atoms with E-state index in [1.54, 1.807) is 11.0 Å². The number of nitrogens with zero attached hydrogens (tertiary/aromatic N) is 1. The molecule has 5 heteroatoms. The first-order valence-electron chi connectivity index (χ1n) is 6.79. The van der Waals surface area contributed by atoms with Crippen LogP contribution in [0, 0.1) is 5.92 Å². The molecule has 1 aliphatic heterocycles. The van der Waals surface area contributed by atoms with Gasteiger partial charge in [0.05, 0.1) is 11.3 Å². The number of Topliss-reactive ketones (excluding diaryl/α,β-unsaturated/α-hetero) is 1. The molecule has 0 aliphatic carbocycles. The van der Waals surface area contributed by atoms with Crippen LogP contribution in [-0.2, 0) is 4.79 Å². The molecule has 0 aromatic heterocycles. The highest BCUT2D eigenvalue weighted by Crippen LogP contribution is 2.31. The Kier molecular flexibility index (Phi) is 4.60. The quantitative estimate of drug-likeness (QED) is 0.839. The summed E-state index contributed by atoms with van der Waals surface area (Å²) in [5.74, 6) is -0.552. The molecule has 108 valence electrons. The smallest absolute Gasteiger partial charge is 0.299 e. The Labute approximate surface area is 127 Å². The topological polar surface area (TPSA) is 49.4 Å². The highest BCUT2D eigenvalue weighted by molar-refractivity contribution is 9.10. The first-order chi connectivity index (χ1) is 9.40. The molecule has 0 saturated heterocycles. The average Bonchev–Trinajstić information content (AvgIpc) is 2.61. The maximum Gasteiger partial charge on any atom is 0.299 e. The summed E-state index contributed by atoms with van der Waals surface area (Å²) in [5, 5.41) is 3.35. The molecule has 0 radical (unpaired) electrons. The predicted octanol–water partition coefficient (Wildman–Crippen LogP) is 2.61. The van der Waals surface area contributed by atoms with Crippen LogP contribution >= 0.6 is 15.9 Å². The maximum atomic E-state index is 12.1. The second-order valence-electron chi connectivity index (χ2n) is 5.57. The van der Waals surface area contributed by atoms with E-state index in [0.29, 0.717) is 18.2 Å². The lowest BCUT2D eigenvalue weighted by molar-refractivity contribution is -0.114. The number of carbonyl (C=O) groups excluding carboxylic acids is 2. The Morgan fingerprint density at radius 1 is 1.25 bits per heavy atom. The Morgan fingerprint density at radius 2 is 1.95 bits per heavy atom. The Balaban J connectivity index is 2.14. The third-order valence-corrected chi connectivity index (χ3v) is 3.80. The van der Waals surface area contributed by atoms with Gasteiger partial charge in [-0.25, -0.2) is 0 Å². The number of rotatable bonds is 5. The number of hydrogen-bond donors (Lipinski definition) is 1. The van der Waals surface area contributed by atoms with Crippen molar-refractivity contribution in [2.24, 2.45) is 5.92 Å². The Morgan fingerprint density at radius 3 is 2.60 bits per heavy atom. The van der Waals surface area contributed by atoms with E-state index in [1.807, 2.05) is 12.1 Å². The molecule has 0 bridgehead atoms. The van der Waals surface area contributed by atoms with Crippen LogP contribution in [0.15, 0.2) is 22.7 Å². The van der Waals surface area contributed by atoms with Gasteiger partial charge in [-0.05, 0) is 30.7 Å². The standard InChI is InChI=1S/C15H19BrN2O2/c1-9(2)17-7-10(3)8-18-13-5-4-11(16)6-12(13)14(19)15(18)20/h4-6,9-10,17H,7-8H2,1-3H3. The van der Waals surface area contributed by atoms with Gasteiger partial charge in [-0.2, -0.15) is 0 Å². The van der Waals surface area contributed by atoms with E-state index in [2.05, 4.69) is 42.0 Å². The van der Waals surface area contributed by atoms with Gasteiger partial charge in [-0.1, -0.05) is 36.7 Å². The fraction of sp³-hybridized carbons (Fsp3) is 0.467. The predicted molar refractivity (Wildman–Crippen MR) is 83.1 cm³/mol. The summed E-state index contributed by atoms with van der Waals surface area (Å²) in [6.45, 7) is 7.62. The fourth-order valence-electron chi connectivity index (χ4n) is 2.27. The fourth-order valence-corrected chi connectivity index (χ4v) is 2.63. The Hall–Kier alpha value is -1.20. The van der Waals surface area contributed by atoms with Gasteiger partial charge in [0.1, 0.15) is 0 Å². The molecular formula is C15H19BrN2O2. The number of halogens is 1. The van der Waals surface area contributed by atoms with E-state index >= 15 is 0 Å². The van der Waals surface area contributed by atoms with Gasteiger partial charge in [0.15, 0.2) is 0 Å². The molecule has 20 heavy (non-hydrogen) atoms. The van der Waals surface area contributed by atoms with E-state index in [9.17, 15) is 9.59 Å². The van der Waals surface area contributed by atoms with Crippen LogP contribution in [0.25, 0.3) is 0 Å². The number of nitrogens with one attached hydrogen (secondary N) is 1. The van der Waals surface area contributed by atoms with Gasteiger partial charge < -0.3 is 10.2 Å². The number of hydrogen-bond acceptors (Lipinski definition) is 3. The molecule has 1 aromatic rings. The van der Waals surface area contributed by atoms with Crippen molar-refractivity contribution in [3.63, 3.8) is 0 Å². The maximum absolute atomic E-state index is 12.1. The summed E-state index contributed by atoms with van der Waals surface area (Å²) in [6, 6.07) is 5.81. The van der Waals surface area contributed by atoms with Crippen LogP contribution in [0.1, 0.15) is 31.1 Å². The molecule has 2 rings (SSSR count). The molecule has 1 heterocycles. The van der Waals surface area contributed by atoms with Crippen molar-refractivity contribution >= 4 is 33.3 Å². The minimum Gasteiger partial charge on any atom is -0.314 e. The molecule has 1 aromatic carbocycles. The van der Waals surface area contributed by atoms with Crippen LogP contribution in [0.4, 0.5) is 5.69 Å². The summed E-state index contributed by atoms with van der Waals surface area (Å²) in [6.07, 6.45) is 0. The van der Waals surface area contributed by atoms with Gasteiger partial charge in [0, 0.05) is 17.1 Å². The second-order valence-corrected chi connectivity index (χ2v) is 6.49. The molecule has 1 atom stereocenters. The Bertz CT molecular complexity index is 543. The number of carbonyl (C=O) groups is 2. The summed E-state index contributed by atoms with van der Waals surface area (Å²) in [4.78, 5) is 25.7. The molecular weight excluding hydrogens is 320 g/mol. The third kappa shape index (κ3) is 3.10. The van der Waals surface area contributed by atoms with Gasteiger partial charge in [0.25, 0.3) is 11.7 Å². The van der Waals surface area contributed by atoms with Crippen molar-refractivity contribution in [1.29, 1.82) is 0 Å². The van der Waals surface area contributed by atoms with Crippen molar-refractivity contribution in [2.45, 2.75) is 26.8 Å². The lowest BCUT2D eigenvalue weighted by Crippen LogP contribution is -2.38. The van der Waals surface area contributed by atoms with Crippen molar-refractivity contribution < 1.29 is 9.59 Å². The highest BCUT2D eigenvalue weighted by atomic mass is 79.9. The zero-order chi connectivity index (χ0) is 14.9. The van der Waals surface area contributed by atoms with Gasteiger partial charge in [-0.15, -0.1) is 0 Å². The van der Waals surface area contributed by atoms with Crippen molar-refractivity contribution in [1.82, 2.24) is 5.32 Å². The zero-order valence-electron chi connectivity index (χ0n) is 11.9. The SMILES string of the molecule is CC(CNC(C)C)CN1C(=O)C(=O)c2cc(Br)ccc21. The minimum absolute atomic E-state index is 0.281. The number of anilines is 1. The summed E-state index contributed by atoms with van der Waals surface area (Å²) in [5.41, 5.74) is 1.22. The van der Waals surface area contributed by atoms with Crippen LogP contribution in [0.5, 0.6) is 0 Å². The van der Waals surface area contributed by atoms with Crippen molar-refractivity contribution in [3.8, 4) is 0 Å². The average molecular weight is 339 g/mol. The molecule has 4 nitrogen and oxygen atoms in total.